The van der Waals surface area contributed by atoms with Crippen LogP contribution in [0.5, 0.6) is 23.0 Å². The SMILES string of the molecule is CC1=CC2=C(C=CC=CC2c2cccc3cc(O[Si](C)(C)C)ccc23)[C]12[SiH](C)[C]1(C(C)=CC3=C1C=CC=CC3c1cccc3cc(O[Si](C)(C)C)ccc13)[Zr]21([Cl])([Cl])[C]2(C(C)=CC3=C2C=CC=CC3c2cccc3cc(O[Si](C)(C)C)ccc23)[SiH](C)[C]12C(C)=CC1=C2C=CC=CC1c1cccc2cc(O[Si](C)(C)C)ccc12. The molecule has 562 valence electrons. The molecule has 111 heavy (non-hydrogen) atoms. The van der Waals surface area contributed by atoms with Crippen LogP contribution in [0.15, 0.2) is 334 Å². The average Bonchev–Trinajstić information content (AvgIpc) is 1.51. The predicted octanol–water partition coefficient (Wildman–Crippen LogP) is 28.2. The fourth-order valence-electron chi connectivity index (χ4n) is 25.7. The molecule has 2 aliphatic heterocycles. The Morgan fingerprint density at radius 3 is 0.730 bits per heavy atom. The molecule has 8 atom stereocenters. The molecule has 10 aliphatic rings. The fourth-order valence-corrected chi connectivity index (χ4v) is 153. The zero-order valence-corrected chi connectivity index (χ0v) is 78.0. The quantitative estimate of drug-likeness (QED) is 0.114. The van der Waals surface area contributed by atoms with Crippen molar-refractivity contribution in [3.05, 3.63) is 356 Å². The molecule has 4 nitrogen and oxygen atoms in total. The molecule has 0 bridgehead atoms. The second-order valence-corrected chi connectivity index (χ2v) is 95.3. The van der Waals surface area contributed by atoms with Gasteiger partial charge in [0, 0.05) is 0 Å². The van der Waals surface area contributed by atoms with Gasteiger partial charge in [0.2, 0.25) is 0 Å². The number of rotatable bonds is 12. The van der Waals surface area contributed by atoms with E-state index < -0.39 is 76.8 Å². The van der Waals surface area contributed by atoms with Gasteiger partial charge >= 0.3 is 677 Å². The fraction of sp³-hybridized carbons (Fsp3) is 0.265. The normalized spacial score (nSPS) is 29.0. The molecule has 2 saturated heterocycles. The van der Waals surface area contributed by atoms with E-state index in [-0.39, 0.29) is 23.7 Å². The first-order valence-corrected chi connectivity index (χ1v) is 69.9. The number of halogens is 2. The third-order valence-corrected chi connectivity index (χ3v) is 116. The van der Waals surface area contributed by atoms with Crippen LogP contribution in [-0.2, 0) is 14.9 Å². The van der Waals surface area contributed by atoms with E-state index in [2.05, 4.69) is 386 Å². The zero-order chi connectivity index (χ0) is 78.0. The number of benzene rings is 8. The molecular formula is C98H104Cl2O4Si6Zr. The van der Waals surface area contributed by atoms with Gasteiger partial charge in [-0.3, -0.25) is 0 Å². The summed E-state index contributed by atoms with van der Waals surface area (Å²) in [7, 11) is 10.4. The van der Waals surface area contributed by atoms with Crippen LogP contribution in [0.3, 0.4) is 0 Å². The third kappa shape index (κ3) is 9.62. The van der Waals surface area contributed by atoms with Gasteiger partial charge in [-0.05, 0) is 0 Å². The van der Waals surface area contributed by atoms with Crippen molar-refractivity contribution >= 4 is 111 Å². The van der Waals surface area contributed by atoms with Crippen molar-refractivity contribution in [1.82, 2.24) is 0 Å². The van der Waals surface area contributed by atoms with E-state index in [0.717, 1.165) is 23.0 Å². The standard InChI is InChI=1S/2C49H52O2Si3.2ClH.Zr/c2*1-32-28-46-42(40-22-14-16-34-30-36(24-26-38(34)40)50-53(4,5)6)18-10-12-20-44(46)48(32)52(3)49-33(2)29-47-43(19-11-13-21-45(47)49)41-23-15-17-35-31-37(25-27-39(35)41)51-54(7,8)9;;;/h2*10-31,42-43,52H,1-9H3;2*1H;/q;;;;+2/p-2. The van der Waals surface area contributed by atoms with Gasteiger partial charge in [0.05, 0.1) is 0 Å². The van der Waals surface area contributed by atoms with Crippen LogP contribution in [-0.4, -0.2) is 50.9 Å². The second-order valence-electron chi connectivity index (χ2n) is 37.7. The summed E-state index contributed by atoms with van der Waals surface area (Å²) in [6.45, 7) is 42.9. The van der Waals surface area contributed by atoms with E-state index in [1.54, 1.807) is 0 Å². The number of fused-ring (bicyclic) bond motifs is 12. The first-order valence-electron chi connectivity index (χ1n) is 40.4. The molecule has 8 aromatic carbocycles. The summed E-state index contributed by atoms with van der Waals surface area (Å²) < 4.78 is 23.7. The third-order valence-electron chi connectivity index (χ3n) is 27.7. The van der Waals surface area contributed by atoms with Gasteiger partial charge in [-0.2, -0.15) is 0 Å². The van der Waals surface area contributed by atoms with E-state index >= 15 is 0 Å². The van der Waals surface area contributed by atoms with Crippen LogP contribution < -0.4 is 17.7 Å². The molecule has 0 aromatic heterocycles. The van der Waals surface area contributed by atoms with Crippen molar-refractivity contribution in [2.75, 3.05) is 0 Å². The van der Waals surface area contributed by atoms with Crippen molar-refractivity contribution < 1.29 is 32.6 Å². The summed E-state index contributed by atoms with van der Waals surface area (Å²) in [5.41, 5.74) is 21.1. The molecule has 8 aromatic rings. The molecule has 18 rings (SSSR count). The molecule has 0 N–H and O–H groups in total. The van der Waals surface area contributed by atoms with Crippen molar-refractivity contribution in [1.29, 1.82) is 0 Å². The van der Waals surface area contributed by atoms with E-state index in [1.165, 1.54) is 132 Å². The topological polar surface area (TPSA) is 36.9 Å². The van der Waals surface area contributed by atoms with Gasteiger partial charge in [0.1, 0.15) is 0 Å². The monoisotopic (exact) mass is 1670 g/mol. The van der Waals surface area contributed by atoms with Gasteiger partial charge in [0.15, 0.2) is 0 Å². The molecule has 0 amide bonds. The van der Waals surface area contributed by atoms with Crippen LogP contribution >= 0.6 is 17.0 Å². The van der Waals surface area contributed by atoms with E-state index in [0.29, 0.717) is 0 Å². The molecule has 0 radical (unpaired) electrons. The second kappa shape index (κ2) is 25.1. The van der Waals surface area contributed by atoms with E-state index in [4.69, 9.17) is 17.7 Å². The van der Waals surface area contributed by atoms with Crippen molar-refractivity contribution in [2.24, 2.45) is 0 Å². The van der Waals surface area contributed by atoms with Crippen LogP contribution in [0.2, 0.25) is 103 Å². The Labute approximate surface area is 670 Å². The van der Waals surface area contributed by atoms with Crippen molar-refractivity contribution in [3.8, 4) is 23.0 Å². The molecule has 0 saturated carbocycles. The first-order chi connectivity index (χ1) is 52.6. The van der Waals surface area contributed by atoms with Crippen molar-refractivity contribution in [2.45, 2.75) is 154 Å². The first kappa shape index (κ1) is 75.0. The molecule has 13 heteroatoms. The number of allylic oxidation sites excluding steroid dienone is 32. The molecule has 5 spiro atoms. The minimum absolute atomic E-state index is 0.142. The van der Waals surface area contributed by atoms with Gasteiger partial charge in [-0.15, -0.1) is 0 Å². The average molecular weight is 1680 g/mol. The Bertz CT molecular complexity index is 5340. The summed E-state index contributed by atoms with van der Waals surface area (Å²) in [4.78, 5) is 0. The summed E-state index contributed by atoms with van der Waals surface area (Å²) >= 11 is -7.93. The Kier molecular flexibility index (Phi) is 16.9. The number of hydrogen-bond donors (Lipinski definition) is 0. The predicted molar refractivity (Wildman–Crippen MR) is 487 cm³/mol. The molecular weight excluding hydrogens is 1570 g/mol. The summed E-state index contributed by atoms with van der Waals surface area (Å²) in [5.74, 6) is 3.14. The minimum atomic E-state index is -7.93. The van der Waals surface area contributed by atoms with Crippen LogP contribution in [0, 0.1) is 0 Å². The Balaban J connectivity index is 0.985. The van der Waals surface area contributed by atoms with Gasteiger partial charge in [-0.1, -0.05) is 0 Å². The van der Waals surface area contributed by atoms with Crippen molar-refractivity contribution in [3.63, 3.8) is 0 Å². The Hall–Kier alpha value is -7.40. The van der Waals surface area contributed by atoms with Gasteiger partial charge < -0.3 is 0 Å². The Morgan fingerprint density at radius 1 is 0.306 bits per heavy atom. The van der Waals surface area contributed by atoms with Crippen LogP contribution in [0.25, 0.3) is 43.1 Å². The maximum atomic E-state index is 11.8. The zero-order valence-electron chi connectivity index (χ0n) is 67.8. The summed E-state index contributed by atoms with van der Waals surface area (Å²) in [6.07, 6.45) is 49.9. The van der Waals surface area contributed by atoms with Gasteiger partial charge in [0.25, 0.3) is 0 Å². The molecule has 8 unspecified atom stereocenters. The summed E-state index contributed by atoms with van der Waals surface area (Å²) in [6, 6.07) is 55.0. The van der Waals surface area contributed by atoms with Crippen LogP contribution in [0.4, 0.5) is 0 Å². The van der Waals surface area contributed by atoms with E-state index in [1.807, 2.05) is 0 Å². The summed E-state index contributed by atoms with van der Waals surface area (Å²) in [5, 5.41) is 9.59. The van der Waals surface area contributed by atoms with Gasteiger partial charge in [-0.25, -0.2) is 0 Å². The van der Waals surface area contributed by atoms with Crippen LogP contribution in [0.1, 0.15) is 73.6 Å². The molecule has 2 fully saturated rings. The van der Waals surface area contributed by atoms with E-state index in [9.17, 15) is 17.0 Å². The molecule has 2 heterocycles. The molecule has 8 aliphatic carbocycles. The maximum absolute atomic E-state index is 11.8. The Morgan fingerprint density at radius 2 is 0.523 bits per heavy atom. The number of hydrogen-bond acceptors (Lipinski definition) is 4.